The van der Waals surface area contributed by atoms with Gasteiger partial charge in [0.15, 0.2) is 0 Å². The molecule has 1 aromatic rings. The molecule has 0 saturated carbocycles. The quantitative estimate of drug-likeness (QED) is 0.770. The van der Waals surface area contributed by atoms with Gasteiger partial charge in [0, 0.05) is 24.4 Å². The lowest BCUT2D eigenvalue weighted by Gasteiger charge is -2.23. The van der Waals surface area contributed by atoms with E-state index in [-0.39, 0.29) is 11.3 Å². The third kappa shape index (κ3) is 3.27. The molecule has 0 bridgehead atoms. The summed E-state index contributed by atoms with van der Waals surface area (Å²) >= 11 is 4.91. The van der Waals surface area contributed by atoms with Crippen LogP contribution in [0.1, 0.15) is 24.2 Å². The summed E-state index contributed by atoms with van der Waals surface area (Å²) in [4.78, 5) is 15.9. The van der Waals surface area contributed by atoms with Gasteiger partial charge in [-0.1, -0.05) is 26.1 Å². The summed E-state index contributed by atoms with van der Waals surface area (Å²) in [5, 5.41) is 2.77. The van der Waals surface area contributed by atoms with Crippen molar-refractivity contribution >= 4 is 23.1 Å². The first-order valence-corrected chi connectivity index (χ1v) is 5.32. The largest absolute Gasteiger partial charge is 0.393 e. The van der Waals surface area contributed by atoms with Gasteiger partial charge in [0.05, 0.1) is 10.6 Å². The minimum absolute atomic E-state index is 0.169. The van der Waals surface area contributed by atoms with Crippen molar-refractivity contribution in [3.8, 4) is 0 Å². The monoisotopic (exact) mass is 237 g/mol. The number of nitrogens with zero attached hydrogens (tertiary/aromatic N) is 1. The molecule has 1 aromatic heterocycles. The molecular formula is C11H15N3OS. The van der Waals surface area contributed by atoms with Crippen LogP contribution < -0.4 is 11.1 Å². The highest BCUT2D eigenvalue weighted by Crippen LogP contribution is 2.13. The Balaban J connectivity index is 2.58. The van der Waals surface area contributed by atoms with Gasteiger partial charge in [0.1, 0.15) is 0 Å². The summed E-state index contributed by atoms with van der Waals surface area (Å²) in [6.45, 7) is 4.19. The molecular weight excluding hydrogens is 222 g/mol. The van der Waals surface area contributed by atoms with Crippen molar-refractivity contribution < 1.29 is 4.79 Å². The number of nitrogens with two attached hydrogens (primary N) is 1. The molecule has 0 aliphatic heterocycles. The second-order valence-corrected chi connectivity index (χ2v) is 4.61. The summed E-state index contributed by atoms with van der Waals surface area (Å²) in [6, 6.07) is 3.42. The Morgan fingerprint density at radius 3 is 2.81 bits per heavy atom. The molecule has 1 rings (SSSR count). The highest BCUT2D eigenvalue weighted by atomic mass is 32.1. The van der Waals surface area contributed by atoms with Crippen LogP contribution in [0.25, 0.3) is 0 Å². The van der Waals surface area contributed by atoms with Gasteiger partial charge in [0.2, 0.25) is 0 Å². The van der Waals surface area contributed by atoms with Crippen molar-refractivity contribution in [2.75, 3.05) is 6.54 Å². The minimum atomic E-state index is -0.382. The number of pyridine rings is 1. The Labute approximate surface area is 100 Å². The molecule has 16 heavy (non-hydrogen) atoms. The van der Waals surface area contributed by atoms with Crippen molar-refractivity contribution in [3.05, 3.63) is 30.1 Å². The summed E-state index contributed by atoms with van der Waals surface area (Å²) in [5.74, 6) is -0.169. The number of amides is 1. The van der Waals surface area contributed by atoms with E-state index in [0.29, 0.717) is 17.1 Å². The average molecular weight is 237 g/mol. The highest BCUT2D eigenvalue weighted by Gasteiger charge is 2.22. The van der Waals surface area contributed by atoms with Gasteiger partial charge in [-0.2, -0.15) is 0 Å². The lowest BCUT2D eigenvalue weighted by molar-refractivity contribution is 0.0944. The molecule has 0 atom stereocenters. The zero-order chi connectivity index (χ0) is 12.2. The smallest absolute Gasteiger partial charge is 0.252 e. The van der Waals surface area contributed by atoms with Crippen LogP contribution in [0.15, 0.2) is 24.5 Å². The molecule has 4 nitrogen and oxygen atoms in total. The first-order valence-electron chi connectivity index (χ1n) is 4.91. The number of rotatable bonds is 4. The molecule has 1 heterocycles. The fraction of sp³-hybridized carbons (Fsp3) is 0.364. The molecule has 0 saturated heterocycles. The zero-order valence-electron chi connectivity index (χ0n) is 9.36. The standard InChI is InChI=1S/C11H15N3OS/c1-11(2,10(12)16)7-14-9(15)8-4-3-5-13-6-8/h3-6H,7H2,1-2H3,(H2,12,16)(H,14,15). The first kappa shape index (κ1) is 12.6. The van der Waals surface area contributed by atoms with Crippen LogP contribution in [-0.2, 0) is 0 Å². The first-order chi connectivity index (χ1) is 7.43. The van der Waals surface area contributed by atoms with Crippen molar-refractivity contribution in [1.29, 1.82) is 0 Å². The molecule has 0 unspecified atom stereocenters. The summed E-state index contributed by atoms with van der Waals surface area (Å²) in [6.07, 6.45) is 3.14. The molecule has 0 fully saturated rings. The van der Waals surface area contributed by atoms with Gasteiger partial charge in [0.25, 0.3) is 5.91 Å². The van der Waals surface area contributed by atoms with Crippen LogP contribution in [0, 0.1) is 5.41 Å². The van der Waals surface area contributed by atoms with E-state index in [0.717, 1.165) is 0 Å². The third-order valence-corrected chi connectivity index (χ3v) is 2.83. The van der Waals surface area contributed by atoms with Gasteiger partial charge in [-0.25, -0.2) is 0 Å². The van der Waals surface area contributed by atoms with Gasteiger partial charge < -0.3 is 11.1 Å². The molecule has 0 spiro atoms. The predicted molar refractivity (Wildman–Crippen MR) is 67.1 cm³/mol. The van der Waals surface area contributed by atoms with Gasteiger partial charge in [-0.3, -0.25) is 9.78 Å². The average Bonchev–Trinajstić information content (AvgIpc) is 2.27. The van der Waals surface area contributed by atoms with Gasteiger partial charge in [-0.05, 0) is 12.1 Å². The normalized spacial score (nSPS) is 10.9. The number of thiocarbonyl (C=S) groups is 1. The summed E-state index contributed by atoms with van der Waals surface area (Å²) < 4.78 is 0. The van der Waals surface area contributed by atoms with Gasteiger partial charge >= 0.3 is 0 Å². The van der Waals surface area contributed by atoms with E-state index >= 15 is 0 Å². The van der Waals surface area contributed by atoms with E-state index < -0.39 is 0 Å². The maximum atomic E-state index is 11.7. The zero-order valence-corrected chi connectivity index (χ0v) is 10.2. The van der Waals surface area contributed by atoms with Crippen molar-refractivity contribution in [2.45, 2.75) is 13.8 Å². The van der Waals surface area contributed by atoms with E-state index in [4.69, 9.17) is 18.0 Å². The number of hydrogen-bond donors (Lipinski definition) is 2. The second kappa shape index (κ2) is 5.03. The second-order valence-electron chi connectivity index (χ2n) is 4.17. The fourth-order valence-electron chi connectivity index (χ4n) is 0.988. The molecule has 1 amide bonds. The Kier molecular flexibility index (Phi) is 3.95. The Morgan fingerprint density at radius 2 is 2.31 bits per heavy atom. The Hall–Kier alpha value is -1.49. The lowest BCUT2D eigenvalue weighted by atomic mass is 9.93. The molecule has 5 heteroatoms. The van der Waals surface area contributed by atoms with E-state index in [1.165, 1.54) is 6.20 Å². The molecule has 0 aromatic carbocycles. The van der Waals surface area contributed by atoms with Crippen LogP contribution in [-0.4, -0.2) is 22.4 Å². The molecule has 3 N–H and O–H groups in total. The third-order valence-electron chi connectivity index (χ3n) is 2.28. The molecule has 0 radical (unpaired) electrons. The topological polar surface area (TPSA) is 68.0 Å². The minimum Gasteiger partial charge on any atom is -0.393 e. The number of hydrogen-bond acceptors (Lipinski definition) is 3. The predicted octanol–water partition coefficient (Wildman–Crippen LogP) is 1.12. The maximum Gasteiger partial charge on any atom is 0.252 e. The van der Waals surface area contributed by atoms with Crippen molar-refractivity contribution in [2.24, 2.45) is 11.1 Å². The van der Waals surface area contributed by atoms with Crippen LogP contribution in [0.5, 0.6) is 0 Å². The number of nitrogens with one attached hydrogen (secondary N) is 1. The summed E-state index contributed by atoms with van der Waals surface area (Å²) in [5.41, 5.74) is 5.71. The van der Waals surface area contributed by atoms with Crippen molar-refractivity contribution in [3.63, 3.8) is 0 Å². The van der Waals surface area contributed by atoms with E-state index in [1.54, 1.807) is 18.3 Å². The van der Waals surface area contributed by atoms with Crippen LogP contribution in [0.4, 0.5) is 0 Å². The molecule has 0 aliphatic rings. The van der Waals surface area contributed by atoms with Crippen LogP contribution in [0.2, 0.25) is 0 Å². The van der Waals surface area contributed by atoms with Gasteiger partial charge in [-0.15, -0.1) is 0 Å². The molecule has 0 aliphatic carbocycles. The number of carbonyl (C=O) groups excluding carboxylic acids is 1. The Morgan fingerprint density at radius 1 is 1.62 bits per heavy atom. The number of aromatic nitrogens is 1. The van der Waals surface area contributed by atoms with Crippen LogP contribution >= 0.6 is 12.2 Å². The summed E-state index contributed by atoms with van der Waals surface area (Å²) in [7, 11) is 0. The SMILES string of the molecule is CC(C)(CNC(=O)c1cccnc1)C(N)=S. The van der Waals surface area contributed by atoms with Crippen LogP contribution in [0.3, 0.4) is 0 Å². The maximum absolute atomic E-state index is 11.7. The molecule has 86 valence electrons. The van der Waals surface area contributed by atoms with E-state index in [2.05, 4.69) is 10.3 Å². The van der Waals surface area contributed by atoms with E-state index in [1.807, 2.05) is 13.8 Å². The highest BCUT2D eigenvalue weighted by molar-refractivity contribution is 7.80. The number of carbonyl (C=O) groups is 1. The Bertz CT molecular complexity index is 389. The fourth-order valence-corrected chi connectivity index (χ4v) is 1.06. The van der Waals surface area contributed by atoms with Crippen molar-refractivity contribution in [1.82, 2.24) is 10.3 Å². The lowest BCUT2D eigenvalue weighted by Crippen LogP contribution is -2.41. The van der Waals surface area contributed by atoms with E-state index in [9.17, 15) is 4.79 Å².